The largest absolute Gasteiger partial charge is 0.330 e. The van der Waals surface area contributed by atoms with E-state index in [2.05, 4.69) is 4.99 Å². The van der Waals surface area contributed by atoms with Gasteiger partial charge in [0.05, 0.1) is 10.6 Å². The number of allylic oxidation sites excluding steroid dienone is 4. The van der Waals surface area contributed by atoms with Crippen LogP contribution in [0.2, 0.25) is 0 Å². The molecule has 1 heterocycles. The zero-order chi connectivity index (χ0) is 10.8. The number of hydrogen-bond acceptors (Lipinski definition) is 4. The van der Waals surface area contributed by atoms with E-state index in [9.17, 15) is 8.42 Å². The van der Waals surface area contributed by atoms with E-state index in [1.54, 1.807) is 24.4 Å². The lowest BCUT2D eigenvalue weighted by molar-refractivity contribution is 0.627. The SMILES string of the molecule is NCCC1=CN=C2C=CC(=S(=O)=O)C=C12. The molecule has 2 aliphatic rings. The van der Waals surface area contributed by atoms with Gasteiger partial charge in [0.2, 0.25) is 10.3 Å². The molecule has 0 bridgehead atoms. The van der Waals surface area contributed by atoms with Crippen molar-refractivity contribution in [3.05, 3.63) is 35.6 Å². The maximum Gasteiger partial charge on any atom is 0.221 e. The van der Waals surface area contributed by atoms with Crippen LogP contribution < -0.4 is 5.73 Å². The number of nitrogens with zero attached hydrogens (tertiary/aromatic N) is 1. The van der Waals surface area contributed by atoms with Crippen LogP contribution in [-0.4, -0.2) is 25.5 Å². The van der Waals surface area contributed by atoms with E-state index in [0.29, 0.717) is 13.0 Å². The molecule has 2 N–H and O–H groups in total. The highest BCUT2D eigenvalue weighted by atomic mass is 32.2. The summed E-state index contributed by atoms with van der Waals surface area (Å²) in [5, 5.41) is 0. The Morgan fingerprint density at radius 1 is 1.33 bits per heavy atom. The van der Waals surface area contributed by atoms with E-state index in [-0.39, 0.29) is 4.86 Å². The predicted molar refractivity (Wildman–Crippen MR) is 60.3 cm³/mol. The fourth-order valence-corrected chi connectivity index (χ4v) is 1.95. The molecular weight excluding hydrogens is 212 g/mol. The average Bonchev–Trinajstić information content (AvgIpc) is 2.61. The highest BCUT2D eigenvalue weighted by molar-refractivity contribution is 7.73. The zero-order valence-corrected chi connectivity index (χ0v) is 8.79. The molecule has 0 saturated carbocycles. The molecule has 5 heteroatoms. The fourth-order valence-electron chi connectivity index (χ4n) is 1.56. The minimum Gasteiger partial charge on any atom is -0.330 e. The van der Waals surface area contributed by atoms with Crippen molar-refractivity contribution in [3.63, 3.8) is 0 Å². The Balaban J connectivity index is 2.43. The van der Waals surface area contributed by atoms with Crippen LogP contribution in [0.1, 0.15) is 6.42 Å². The van der Waals surface area contributed by atoms with Gasteiger partial charge in [0.25, 0.3) is 0 Å². The molecule has 0 unspecified atom stereocenters. The summed E-state index contributed by atoms with van der Waals surface area (Å²) in [5.74, 6) is 0. The number of aliphatic imine (C=N–C) groups is 1. The van der Waals surface area contributed by atoms with E-state index in [4.69, 9.17) is 5.73 Å². The standard InChI is InChI=1S/C10H10N2O2S/c11-4-3-7-6-12-10-2-1-8(15(13)14)5-9(7)10/h1-2,5-6H,3-4,11H2. The normalized spacial score (nSPS) is 18.2. The minimum absolute atomic E-state index is 0.286. The van der Waals surface area contributed by atoms with Gasteiger partial charge in [-0.2, -0.15) is 8.42 Å². The summed E-state index contributed by atoms with van der Waals surface area (Å²) in [6, 6.07) is 0. The van der Waals surface area contributed by atoms with Gasteiger partial charge in [-0.25, -0.2) is 0 Å². The number of nitrogens with two attached hydrogens (primary N) is 1. The monoisotopic (exact) mass is 222 g/mol. The molecule has 1 aliphatic heterocycles. The van der Waals surface area contributed by atoms with Crippen LogP contribution in [-0.2, 0) is 10.3 Å². The van der Waals surface area contributed by atoms with Crippen molar-refractivity contribution in [1.29, 1.82) is 0 Å². The summed E-state index contributed by atoms with van der Waals surface area (Å²) >= 11 is 0. The summed E-state index contributed by atoms with van der Waals surface area (Å²) in [6.07, 6.45) is 7.35. The highest BCUT2D eigenvalue weighted by Crippen LogP contribution is 2.24. The lowest BCUT2D eigenvalue weighted by Crippen LogP contribution is -2.09. The highest BCUT2D eigenvalue weighted by Gasteiger charge is 2.18. The van der Waals surface area contributed by atoms with Gasteiger partial charge in [-0.15, -0.1) is 0 Å². The van der Waals surface area contributed by atoms with E-state index >= 15 is 0 Å². The van der Waals surface area contributed by atoms with E-state index < -0.39 is 10.3 Å². The molecule has 78 valence electrons. The fraction of sp³-hybridized carbons (Fsp3) is 0.200. The lowest BCUT2D eigenvalue weighted by atomic mass is 9.97. The first-order chi connectivity index (χ1) is 7.22. The topological polar surface area (TPSA) is 72.5 Å². The lowest BCUT2D eigenvalue weighted by Gasteiger charge is -2.08. The third-order valence-corrected chi connectivity index (χ3v) is 2.92. The summed E-state index contributed by atoms with van der Waals surface area (Å²) in [7, 11) is -2.19. The van der Waals surface area contributed by atoms with Crippen LogP contribution in [0.3, 0.4) is 0 Å². The molecule has 2 rings (SSSR count). The molecule has 0 aromatic heterocycles. The van der Waals surface area contributed by atoms with Gasteiger partial charge in [0.1, 0.15) is 0 Å². The first-order valence-electron chi connectivity index (χ1n) is 4.56. The summed E-state index contributed by atoms with van der Waals surface area (Å²) in [4.78, 5) is 4.47. The van der Waals surface area contributed by atoms with Crippen molar-refractivity contribution in [2.75, 3.05) is 6.54 Å². The van der Waals surface area contributed by atoms with Crippen molar-refractivity contribution >= 4 is 20.9 Å². The van der Waals surface area contributed by atoms with Gasteiger partial charge in [-0.1, -0.05) is 0 Å². The zero-order valence-electron chi connectivity index (χ0n) is 7.97. The van der Waals surface area contributed by atoms with Gasteiger partial charge in [-0.3, -0.25) is 4.99 Å². The Hall–Kier alpha value is -1.46. The Labute approximate surface area is 89.0 Å². The van der Waals surface area contributed by atoms with Gasteiger partial charge in [0.15, 0.2) is 0 Å². The summed E-state index contributed by atoms with van der Waals surface area (Å²) < 4.78 is 21.6. The molecule has 0 aromatic carbocycles. The van der Waals surface area contributed by atoms with Crippen molar-refractivity contribution in [2.45, 2.75) is 6.42 Å². The molecule has 4 nitrogen and oxygen atoms in total. The number of fused-ring (bicyclic) bond motifs is 1. The maximum absolute atomic E-state index is 10.8. The molecule has 0 saturated heterocycles. The summed E-state index contributed by atoms with van der Waals surface area (Å²) in [5.41, 5.74) is 8.15. The first kappa shape index (κ1) is 10.1. The van der Waals surface area contributed by atoms with Crippen LogP contribution in [0.4, 0.5) is 0 Å². The van der Waals surface area contributed by atoms with Gasteiger partial charge in [-0.05, 0) is 36.8 Å². The van der Waals surface area contributed by atoms with Crippen LogP contribution in [0, 0.1) is 0 Å². The number of rotatable bonds is 2. The summed E-state index contributed by atoms with van der Waals surface area (Å²) in [6.45, 7) is 0.533. The van der Waals surface area contributed by atoms with Gasteiger partial charge >= 0.3 is 0 Å². The average molecular weight is 222 g/mol. The Bertz CT molecular complexity index is 540. The van der Waals surface area contributed by atoms with Crippen LogP contribution in [0.25, 0.3) is 0 Å². The molecule has 0 amide bonds. The molecule has 0 atom stereocenters. The van der Waals surface area contributed by atoms with Crippen LogP contribution in [0.5, 0.6) is 0 Å². The Kier molecular flexibility index (Phi) is 2.66. The quantitative estimate of drug-likeness (QED) is 0.679. The molecule has 0 spiro atoms. The predicted octanol–water partition coefficient (Wildman–Crippen LogP) is 0.221. The van der Waals surface area contributed by atoms with Crippen LogP contribution in [0.15, 0.2) is 40.6 Å². The van der Waals surface area contributed by atoms with Crippen molar-refractivity contribution in [1.82, 2.24) is 0 Å². The van der Waals surface area contributed by atoms with Crippen LogP contribution >= 0.6 is 0 Å². The second kappa shape index (κ2) is 3.96. The third-order valence-electron chi connectivity index (χ3n) is 2.28. The molecule has 0 radical (unpaired) electrons. The van der Waals surface area contributed by atoms with E-state index in [0.717, 1.165) is 16.9 Å². The molecular formula is C10H10N2O2S. The smallest absolute Gasteiger partial charge is 0.221 e. The van der Waals surface area contributed by atoms with Gasteiger partial charge in [0, 0.05) is 11.8 Å². The second-order valence-electron chi connectivity index (χ2n) is 3.24. The van der Waals surface area contributed by atoms with Crippen molar-refractivity contribution in [3.8, 4) is 0 Å². The molecule has 15 heavy (non-hydrogen) atoms. The van der Waals surface area contributed by atoms with E-state index in [1.165, 1.54) is 0 Å². The Morgan fingerprint density at radius 2 is 2.13 bits per heavy atom. The van der Waals surface area contributed by atoms with Crippen molar-refractivity contribution in [2.24, 2.45) is 10.7 Å². The molecule has 0 aromatic rings. The second-order valence-corrected chi connectivity index (χ2v) is 4.18. The van der Waals surface area contributed by atoms with Gasteiger partial charge < -0.3 is 5.73 Å². The first-order valence-corrected chi connectivity index (χ1v) is 5.63. The number of hydrogen-bond donors (Lipinski definition) is 1. The molecule has 1 aliphatic carbocycles. The van der Waals surface area contributed by atoms with Crippen molar-refractivity contribution < 1.29 is 8.42 Å². The third kappa shape index (κ3) is 1.84. The maximum atomic E-state index is 10.8. The molecule has 0 fully saturated rings. The Morgan fingerprint density at radius 3 is 2.80 bits per heavy atom. The van der Waals surface area contributed by atoms with E-state index in [1.807, 2.05) is 0 Å². The minimum atomic E-state index is -2.19.